The van der Waals surface area contributed by atoms with E-state index in [0.717, 1.165) is 16.8 Å². The fourth-order valence-corrected chi connectivity index (χ4v) is 2.32. The van der Waals surface area contributed by atoms with Gasteiger partial charge in [-0.2, -0.15) is 0 Å². The van der Waals surface area contributed by atoms with Crippen molar-refractivity contribution in [2.45, 2.75) is 6.92 Å². The summed E-state index contributed by atoms with van der Waals surface area (Å²) in [5, 5.41) is 1.84. The molecule has 0 saturated carbocycles. The van der Waals surface area contributed by atoms with Gasteiger partial charge in [-0.1, -0.05) is 24.3 Å². The van der Waals surface area contributed by atoms with Crippen LogP contribution in [0.3, 0.4) is 0 Å². The van der Waals surface area contributed by atoms with Gasteiger partial charge in [0.2, 0.25) is 0 Å². The first-order valence-electron chi connectivity index (χ1n) is 5.96. The summed E-state index contributed by atoms with van der Waals surface area (Å²) < 4.78 is 27.2. The summed E-state index contributed by atoms with van der Waals surface area (Å²) in [6, 6.07) is 11.7. The van der Waals surface area contributed by atoms with E-state index in [2.05, 4.69) is 4.98 Å². The topological polar surface area (TPSA) is 12.9 Å². The molecule has 0 bridgehead atoms. The van der Waals surface area contributed by atoms with Gasteiger partial charge >= 0.3 is 0 Å². The van der Waals surface area contributed by atoms with Gasteiger partial charge in [-0.05, 0) is 30.0 Å². The van der Waals surface area contributed by atoms with Crippen LogP contribution in [0.1, 0.15) is 5.56 Å². The first kappa shape index (κ1) is 11.8. The van der Waals surface area contributed by atoms with Crippen LogP contribution in [0.15, 0.2) is 48.7 Å². The normalized spacial score (nSPS) is 10.9. The van der Waals surface area contributed by atoms with Crippen molar-refractivity contribution in [1.82, 2.24) is 4.98 Å². The number of nitrogens with zero attached hydrogens (tertiary/aromatic N) is 1. The van der Waals surface area contributed by atoms with Crippen LogP contribution in [0.2, 0.25) is 0 Å². The Morgan fingerprint density at radius 1 is 1.00 bits per heavy atom. The van der Waals surface area contributed by atoms with Crippen molar-refractivity contribution in [2.75, 3.05) is 0 Å². The third kappa shape index (κ3) is 1.97. The fraction of sp³-hybridized carbons (Fsp3) is 0.0625. The zero-order valence-corrected chi connectivity index (χ0v) is 10.3. The molecule has 19 heavy (non-hydrogen) atoms. The Bertz CT molecular complexity index is 737. The smallest absolute Gasteiger partial charge is 0.135 e. The van der Waals surface area contributed by atoms with Crippen LogP contribution in [0.4, 0.5) is 8.78 Å². The van der Waals surface area contributed by atoms with Gasteiger partial charge in [0.05, 0.1) is 5.69 Å². The molecule has 1 heterocycles. The van der Waals surface area contributed by atoms with E-state index in [0.29, 0.717) is 16.8 Å². The van der Waals surface area contributed by atoms with Crippen LogP contribution in [0, 0.1) is 18.6 Å². The summed E-state index contributed by atoms with van der Waals surface area (Å²) in [7, 11) is 0. The number of fused-ring (bicyclic) bond motifs is 1. The molecule has 0 N–H and O–H groups in total. The molecule has 1 nitrogen and oxygen atoms in total. The Kier molecular flexibility index (Phi) is 2.75. The summed E-state index contributed by atoms with van der Waals surface area (Å²) in [6.45, 7) is 1.69. The number of halogens is 2. The van der Waals surface area contributed by atoms with E-state index in [1.165, 1.54) is 6.07 Å². The molecule has 3 rings (SSSR count). The van der Waals surface area contributed by atoms with Crippen molar-refractivity contribution in [3.05, 3.63) is 65.9 Å². The van der Waals surface area contributed by atoms with Crippen LogP contribution < -0.4 is 0 Å². The van der Waals surface area contributed by atoms with Crippen molar-refractivity contribution in [3.63, 3.8) is 0 Å². The minimum absolute atomic E-state index is 0.359. The highest BCUT2D eigenvalue weighted by Crippen LogP contribution is 2.31. The summed E-state index contributed by atoms with van der Waals surface area (Å²) in [5.41, 5.74) is 1.45. The predicted octanol–water partition coefficient (Wildman–Crippen LogP) is 4.49. The molecule has 0 amide bonds. The molecule has 0 atom stereocenters. The lowest BCUT2D eigenvalue weighted by molar-refractivity contribution is 0.583. The molecule has 0 aliphatic heterocycles. The first-order chi connectivity index (χ1) is 9.16. The van der Waals surface area contributed by atoms with Gasteiger partial charge in [0.1, 0.15) is 11.6 Å². The lowest BCUT2D eigenvalue weighted by atomic mass is 9.99. The van der Waals surface area contributed by atoms with E-state index < -0.39 is 11.6 Å². The zero-order chi connectivity index (χ0) is 13.4. The van der Waals surface area contributed by atoms with Crippen molar-refractivity contribution in [3.8, 4) is 11.3 Å². The van der Waals surface area contributed by atoms with Gasteiger partial charge in [-0.3, -0.25) is 4.98 Å². The van der Waals surface area contributed by atoms with Crippen molar-refractivity contribution in [2.24, 2.45) is 0 Å². The van der Waals surface area contributed by atoms with Gasteiger partial charge in [-0.25, -0.2) is 8.78 Å². The van der Waals surface area contributed by atoms with Crippen LogP contribution in [0.25, 0.3) is 22.0 Å². The van der Waals surface area contributed by atoms with E-state index in [1.54, 1.807) is 13.1 Å². The van der Waals surface area contributed by atoms with Crippen LogP contribution in [0.5, 0.6) is 0 Å². The molecule has 0 radical (unpaired) electrons. The second kappa shape index (κ2) is 4.43. The largest absolute Gasteiger partial charge is 0.255 e. The Balaban J connectivity index is 2.37. The Morgan fingerprint density at radius 3 is 2.58 bits per heavy atom. The monoisotopic (exact) mass is 255 g/mol. The van der Waals surface area contributed by atoms with Crippen molar-refractivity contribution in [1.29, 1.82) is 0 Å². The highest BCUT2D eigenvalue weighted by atomic mass is 19.1. The maximum atomic E-state index is 14.0. The number of hydrogen-bond donors (Lipinski definition) is 0. The lowest BCUT2D eigenvalue weighted by Crippen LogP contribution is -1.94. The predicted molar refractivity (Wildman–Crippen MR) is 71.8 cm³/mol. The third-order valence-corrected chi connectivity index (χ3v) is 3.16. The molecule has 3 aromatic rings. The number of benzene rings is 2. The van der Waals surface area contributed by atoms with Crippen LogP contribution in [-0.4, -0.2) is 4.98 Å². The summed E-state index contributed by atoms with van der Waals surface area (Å²) in [5.74, 6) is -1.15. The van der Waals surface area contributed by atoms with E-state index in [4.69, 9.17) is 0 Å². The SMILES string of the molecule is Cc1cc(F)cc(F)c1-c1nccc2ccccc12. The van der Waals surface area contributed by atoms with Gasteiger partial charge in [0.25, 0.3) is 0 Å². The highest BCUT2D eigenvalue weighted by Gasteiger charge is 2.14. The minimum Gasteiger partial charge on any atom is -0.255 e. The van der Waals surface area contributed by atoms with Crippen LogP contribution >= 0.6 is 0 Å². The summed E-state index contributed by atoms with van der Waals surface area (Å²) in [6.07, 6.45) is 1.64. The molecule has 0 saturated heterocycles. The quantitative estimate of drug-likeness (QED) is 0.624. The van der Waals surface area contributed by atoms with Crippen LogP contribution in [-0.2, 0) is 0 Å². The maximum absolute atomic E-state index is 14.0. The zero-order valence-electron chi connectivity index (χ0n) is 10.3. The third-order valence-electron chi connectivity index (χ3n) is 3.16. The Labute approximate surface area is 109 Å². The van der Waals surface area contributed by atoms with E-state index in [1.807, 2.05) is 30.3 Å². The fourth-order valence-electron chi connectivity index (χ4n) is 2.32. The van der Waals surface area contributed by atoms with Gasteiger partial charge in [0.15, 0.2) is 0 Å². The second-order valence-electron chi connectivity index (χ2n) is 4.46. The molecule has 94 valence electrons. The Morgan fingerprint density at radius 2 is 1.79 bits per heavy atom. The second-order valence-corrected chi connectivity index (χ2v) is 4.46. The molecule has 0 spiro atoms. The minimum atomic E-state index is -0.582. The molecular formula is C16H11F2N. The number of aromatic nitrogens is 1. The highest BCUT2D eigenvalue weighted by molar-refractivity contribution is 5.95. The van der Waals surface area contributed by atoms with Crippen molar-refractivity contribution < 1.29 is 8.78 Å². The van der Waals surface area contributed by atoms with E-state index in [-0.39, 0.29) is 0 Å². The molecule has 0 unspecified atom stereocenters. The number of aryl methyl sites for hydroxylation is 1. The standard InChI is InChI=1S/C16H11F2N/c1-10-8-12(17)9-14(18)15(10)16-13-5-3-2-4-11(13)6-7-19-16/h2-9H,1H3. The number of hydrogen-bond acceptors (Lipinski definition) is 1. The lowest BCUT2D eigenvalue weighted by Gasteiger charge is -2.10. The molecule has 3 heteroatoms. The van der Waals surface area contributed by atoms with Crippen molar-refractivity contribution >= 4 is 10.8 Å². The average molecular weight is 255 g/mol. The van der Waals surface area contributed by atoms with Gasteiger partial charge < -0.3 is 0 Å². The molecule has 0 aliphatic carbocycles. The Hall–Kier alpha value is -2.29. The molecule has 2 aromatic carbocycles. The first-order valence-corrected chi connectivity index (χ1v) is 5.96. The van der Waals surface area contributed by atoms with E-state index in [9.17, 15) is 8.78 Å². The van der Waals surface area contributed by atoms with Gasteiger partial charge in [0, 0.05) is 23.2 Å². The maximum Gasteiger partial charge on any atom is 0.135 e. The van der Waals surface area contributed by atoms with E-state index >= 15 is 0 Å². The average Bonchev–Trinajstić information content (AvgIpc) is 2.38. The number of rotatable bonds is 1. The molecular weight excluding hydrogens is 244 g/mol. The summed E-state index contributed by atoms with van der Waals surface area (Å²) >= 11 is 0. The summed E-state index contributed by atoms with van der Waals surface area (Å²) in [4.78, 5) is 4.27. The molecule has 0 fully saturated rings. The van der Waals surface area contributed by atoms with Gasteiger partial charge in [-0.15, -0.1) is 0 Å². The number of pyridine rings is 1. The molecule has 1 aromatic heterocycles. The molecule has 0 aliphatic rings.